The van der Waals surface area contributed by atoms with E-state index < -0.39 is 0 Å². The zero-order chi connectivity index (χ0) is 23.6. The minimum absolute atomic E-state index is 0.162. The summed E-state index contributed by atoms with van der Waals surface area (Å²) >= 11 is 0. The maximum absolute atomic E-state index is 9.15. The molecular weight excluding hydrogens is 434 g/mol. The van der Waals surface area contributed by atoms with Crippen molar-refractivity contribution in [2.45, 2.75) is 96.1 Å². The first-order valence-electron chi connectivity index (χ1n) is 13.9. The smallest absolute Gasteiger partial charge is 0.216 e. The molecule has 0 radical (unpaired) electrons. The highest BCUT2D eigenvalue weighted by molar-refractivity contribution is 5.87. The molecule has 7 nitrogen and oxygen atoms in total. The number of hydrogen-bond donors (Lipinski definition) is 1. The van der Waals surface area contributed by atoms with Gasteiger partial charge in [-0.2, -0.15) is 10.2 Å². The van der Waals surface area contributed by atoms with Gasteiger partial charge in [0.25, 0.3) is 0 Å². The topological polar surface area (TPSA) is 96.8 Å². The predicted octanol–water partition coefficient (Wildman–Crippen LogP) is 5.50. The van der Waals surface area contributed by atoms with Gasteiger partial charge in [0, 0.05) is 30.3 Å². The van der Waals surface area contributed by atoms with Crippen molar-refractivity contribution in [3.63, 3.8) is 0 Å². The number of amidine groups is 1. The van der Waals surface area contributed by atoms with Crippen LogP contribution in [0.3, 0.4) is 0 Å². The summed E-state index contributed by atoms with van der Waals surface area (Å²) in [4.78, 5) is 14.7. The van der Waals surface area contributed by atoms with E-state index in [0.717, 1.165) is 73.7 Å². The Bertz CT molecular complexity index is 1190. The molecule has 5 aliphatic carbocycles. The van der Waals surface area contributed by atoms with E-state index in [1.54, 1.807) is 0 Å². The first kappa shape index (κ1) is 21.6. The lowest BCUT2D eigenvalue weighted by Gasteiger charge is -2.56. The molecule has 5 saturated carbocycles. The van der Waals surface area contributed by atoms with Crippen LogP contribution in [-0.4, -0.2) is 26.0 Å². The van der Waals surface area contributed by atoms with E-state index in [9.17, 15) is 0 Å². The molecule has 0 atom stereocenters. The molecule has 4 bridgehead atoms. The maximum Gasteiger partial charge on any atom is 0.216 e. The van der Waals surface area contributed by atoms with Gasteiger partial charge in [0.05, 0.1) is 24.0 Å². The fraction of sp³-hybridized carbons (Fsp3) is 0.714. The number of aliphatic imine (C=N–C) groups is 2. The zero-order valence-electron chi connectivity index (χ0n) is 20.7. The lowest BCUT2D eigenvalue weighted by Crippen LogP contribution is -2.52. The van der Waals surface area contributed by atoms with Crippen molar-refractivity contribution < 1.29 is 0 Å². The quantitative estimate of drug-likeness (QED) is 0.460. The first-order chi connectivity index (χ1) is 17.1. The average molecular weight is 472 g/mol. The normalized spacial score (nSPS) is 36.0. The van der Waals surface area contributed by atoms with Crippen molar-refractivity contribution in [2.75, 3.05) is 0 Å². The Morgan fingerprint density at radius 1 is 1.11 bits per heavy atom. The number of fused-ring (bicyclic) bond motifs is 3. The van der Waals surface area contributed by atoms with Crippen LogP contribution in [0.2, 0.25) is 0 Å². The van der Waals surface area contributed by atoms with Crippen LogP contribution in [0.15, 0.2) is 16.2 Å². The molecule has 0 spiro atoms. The molecule has 0 unspecified atom stereocenters. The van der Waals surface area contributed by atoms with Gasteiger partial charge in [-0.1, -0.05) is 0 Å². The molecule has 8 rings (SSSR count). The molecule has 6 aliphatic rings. The first-order valence-corrected chi connectivity index (χ1v) is 13.9. The van der Waals surface area contributed by atoms with Crippen LogP contribution in [0.4, 0.5) is 5.82 Å². The number of aromatic nitrogens is 3. The van der Waals surface area contributed by atoms with E-state index >= 15 is 0 Å². The van der Waals surface area contributed by atoms with Gasteiger partial charge < -0.3 is 10.3 Å². The Balaban J connectivity index is 1.21. The number of nitrogens with two attached hydrogens (primary N) is 1. The van der Waals surface area contributed by atoms with Gasteiger partial charge in [0.1, 0.15) is 5.84 Å². The van der Waals surface area contributed by atoms with E-state index in [4.69, 9.17) is 21.0 Å². The van der Waals surface area contributed by atoms with E-state index in [2.05, 4.69) is 26.2 Å². The predicted molar refractivity (Wildman–Crippen MR) is 137 cm³/mol. The number of hydrogen-bond acceptors (Lipinski definition) is 4. The second-order valence-electron chi connectivity index (χ2n) is 12.3. The van der Waals surface area contributed by atoms with Crippen molar-refractivity contribution in [3.8, 4) is 6.07 Å². The van der Waals surface area contributed by atoms with E-state index in [0.29, 0.717) is 24.9 Å². The Kier molecular flexibility index (Phi) is 5.08. The van der Waals surface area contributed by atoms with Gasteiger partial charge in [-0.15, -0.1) is 0 Å². The monoisotopic (exact) mass is 471 g/mol. The van der Waals surface area contributed by atoms with Crippen LogP contribution in [0.5, 0.6) is 0 Å². The molecule has 5 fully saturated rings. The number of imidazole rings is 2. The van der Waals surface area contributed by atoms with E-state index in [-0.39, 0.29) is 5.41 Å². The Hall–Kier alpha value is -2.62. The molecule has 1 aliphatic heterocycles. The summed E-state index contributed by atoms with van der Waals surface area (Å²) in [6.45, 7) is 0.632. The van der Waals surface area contributed by atoms with Gasteiger partial charge in [-0.25, -0.2) is 4.99 Å². The van der Waals surface area contributed by atoms with Crippen molar-refractivity contribution in [1.29, 1.82) is 5.26 Å². The van der Waals surface area contributed by atoms with Crippen molar-refractivity contribution >= 4 is 23.6 Å². The van der Waals surface area contributed by atoms with Gasteiger partial charge in [-0.3, -0.25) is 9.39 Å². The molecule has 7 heteroatoms. The summed E-state index contributed by atoms with van der Waals surface area (Å²) in [6, 6.07) is 2.78. The molecule has 184 valence electrons. The van der Waals surface area contributed by atoms with Crippen LogP contribution >= 0.6 is 0 Å². The summed E-state index contributed by atoms with van der Waals surface area (Å²) in [5, 5.41) is 9.15. The van der Waals surface area contributed by atoms with Crippen LogP contribution in [0.1, 0.15) is 94.5 Å². The van der Waals surface area contributed by atoms with Gasteiger partial charge in [0.15, 0.2) is 5.82 Å². The fourth-order valence-electron chi connectivity index (χ4n) is 8.78. The minimum Gasteiger partial charge on any atom is -0.387 e. The van der Waals surface area contributed by atoms with Crippen molar-refractivity contribution in [2.24, 2.45) is 44.8 Å². The van der Waals surface area contributed by atoms with Crippen molar-refractivity contribution in [3.05, 3.63) is 17.6 Å². The van der Waals surface area contributed by atoms with E-state index in [1.165, 1.54) is 49.9 Å². The SMILES string of the molecule is N#CCC1CCC(n2c(CN=C(N)C34CC5CC(CC(C5)C3)C4)cn3c4c(nc23)N=CCC4)CC1. The van der Waals surface area contributed by atoms with Gasteiger partial charge in [0.2, 0.25) is 5.78 Å². The zero-order valence-corrected chi connectivity index (χ0v) is 20.7. The molecule has 0 amide bonds. The number of rotatable bonds is 5. The molecule has 2 aromatic rings. The minimum atomic E-state index is 0.162. The molecule has 2 aromatic heterocycles. The average Bonchev–Trinajstić information content (AvgIpc) is 3.38. The lowest BCUT2D eigenvalue weighted by molar-refractivity contribution is -0.0131. The van der Waals surface area contributed by atoms with E-state index in [1.807, 2.05) is 6.21 Å². The summed E-state index contributed by atoms with van der Waals surface area (Å²) in [5.41, 5.74) is 9.46. The molecule has 3 heterocycles. The fourth-order valence-corrected chi connectivity index (χ4v) is 8.78. The third-order valence-corrected chi connectivity index (χ3v) is 10.1. The molecule has 2 N–H and O–H groups in total. The van der Waals surface area contributed by atoms with Crippen molar-refractivity contribution in [1.82, 2.24) is 14.0 Å². The summed E-state index contributed by atoms with van der Waals surface area (Å²) < 4.78 is 4.73. The van der Waals surface area contributed by atoms with Crippen LogP contribution in [0, 0.1) is 40.4 Å². The molecule has 35 heavy (non-hydrogen) atoms. The molecule has 0 saturated heterocycles. The molecular formula is C28H37N7. The Morgan fingerprint density at radius 3 is 2.51 bits per heavy atom. The number of nitriles is 1. The second kappa shape index (κ2) is 8.21. The second-order valence-corrected chi connectivity index (χ2v) is 12.3. The third-order valence-electron chi connectivity index (χ3n) is 10.1. The number of aryl methyl sites for hydroxylation is 1. The highest BCUT2D eigenvalue weighted by atomic mass is 15.3. The van der Waals surface area contributed by atoms with Crippen LogP contribution in [0.25, 0.3) is 5.78 Å². The summed E-state index contributed by atoms with van der Waals surface area (Å²) in [6.07, 6.45) is 19.3. The van der Waals surface area contributed by atoms with Gasteiger partial charge in [-0.05, 0) is 101 Å². The van der Waals surface area contributed by atoms with Crippen LogP contribution < -0.4 is 5.73 Å². The Labute approximate surface area is 207 Å². The lowest BCUT2D eigenvalue weighted by atomic mass is 9.49. The highest BCUT2D eigenvalue weighted by Crippen LogP contribution is 2.60. The Morgan fingerprint density at radius 2 is 1.83 bits per heavy atom. The maximum atomic E-state index is 9.15. The van der Waals surface area contributed by atoms with Gasteiger partial charge >= 0.3 is 0 Å². The molecule has 0 aromatic carbocycles. The van der Waals surface area contributed by atoms with Crippen LogP contribution in [-0.2, 0) is 13.0 Å². The highest BCUT2D eigenvalue weighted by Gasteiger charge is 2.52. The standard InChI is InChI=1S/C28H37N7/c29-8-7-18-3-5-22(6-4-18)35-23(17-34-24-2-1-9-31-25(24)33-27(34)35)16-32-26(30)28-13-19-10-20(14-28)12-21(11-19)15-28/h9,17-22H,1-7,10-16H2,(H2,30,32). The largest absolute Gasteiger partial charge is 0.387 e. The summed E-state index contributed by atoms with van der Waals surface area (Å²) in [5.74, 6) is 5.96. The number of nitrogens with zero attached hydrogens (tertiary/aromatic N) is 6. The third kappa shape index (κ3) is 3.55. The summed E-state index contributed by atoms with van der Waals surface area (Å²) in [7, 11) is 0.